The van der Waals surface area contributed by atoms with Crippen molar-refractivity contribution in [3.63, 3.8) is 0 Å². The van der Waals surface area contributed by atoms with E-state index in [1.54, 1.807) is 7.11 Å². The monoisotopic (exact) mass is 344 g/mol. The molecule has 1 aliphatic heterocycles. The highest BCUT2D eigenvalue weighted by Gasteiger charge is 2.19. The van der Waals surface area contributed by atoms with Gasteiger partial charge in [-0.1, -0.05) is 24.3 Å². The minimum absolute atomic E-state index is 0.653. The number of methoxy groups -OCH3 is 1. The van der Waals surface area contributed by atoms with E-state index in [0.717, 1.165) is 59.6 Å². The van der Waals surface area contributed by atoms with E-state index in [0.29, 0.717) is 5.56 Å². The molecule has 3 aromatic rings. The van der Waals surface area contributed by atoms with Crippen molar-refractivity contribution in [2.24, 2.45) is 0 Å². The van der Waals surface area contributed by atoms with Gasteiger partial charge >= 0.3 is 0 Å². The molecule has 1 N–H and O–H groups in total. The van der Waals surface area contributed by atoms with E-state index in [1.807, 2.05) is 36.5 Å². The smallest absolute Gasteiger partial charge is 0.153 e. The lowest BCUT2D eigenvalue weighted by molar-refractivity contribution is 0.417. The summed E-state index contributed by atoms with van der Waals surface area (Å²) in [7, 11) is 1.72. The van der Waals surface area contributed by atoms with Crippen molar-refractivity contribution in [2.75, 3.05) is 38.2 Å². The van der Waals surface area contributed by atoms with E-state index >= 15 is 0 Å². The summed E-state index contributed by atoms with van der Waals surface area (Å²) in [6.07, 6.45) is 1.92. The molecule has 2 heterocycles. The number of anilines is 1. The number of benzene rings is 2. The van der Waals surface area contributed by atoms with Gasteiger partial charge in [0.1, 0.15) is 0 Å². The Labute approximate surface area is 152 Å². The molecule has 5 nitrogen and oxygen atoms in total. The maximum absolute atomic E-state index is 9.01. The fraction of sp³-hybridized carbons (Fsp3) is 0.238. The molecule has 4 rings (SSSR count). The summed E-state index contributed by atoms with van der Waals surface area (Å²) in [6.45, 7) is 3.82. The van der Waals surface area contributed by atoms with Crippen molar-refractivity contribution in [1.29, 1.82) is 5.26 Å². The number of hydrogen-bond acceptors (Lipinski definition) is 5. The molecule has 0 bridgehead atoms. The van der Waals surface area contributed by atoms with Gasteiger partial charge in [-0.2, -0.15) is 5.26 Å². The standard InChI is InChI=1S/C21H20N4O/c1-26-21-18-4-2-3-17(16-7-5-15(13-22)6-8-16)20(18)24-14-19(21)25-11-9-23-10-12-25/h2-8,14,23H,9-12H2,1H3. The zero-order chi connectivity index (χ0) is 17.9. The SMILES string of the molecule is COc1c(N2CCNCC2)cnc2c(-c3ccc(C#N)cc3)cccc12. The molecule has 0 aliphatic carbocycles. The number of rotatable bonds is 3. The molecule has 1 fully saturated rings. The van der Waals surface area contributed by atoms with E-state index in [2.05, 4.69) is 28.4 Å². The zero-order valence-electron chi connectivity index (χ0n) is 14.7. The molecule has 0 atom stereocenters. The number of nitrogens with one attached hydrogen (secondary N) is 1. The van der Waals surface area contributed by atoms with Crippen molar-refractivity contribution in [2.45, 2.75) is 0 Å². The number of nitriles is 1. The Morgan fingerprint density at radius 2 is 1.88 bits per heavy atom. The van der Waals surface area contributed by atoms with Crippen LogP contribution in [-0.4, -0.2) is 38.3 Å². The summed E-state index contributed by atoms with van der Waals surface area (Å²) in [4.78, 5) is 7.09. The predicted octanol–water partition coefficient (Wildman–Crippen LogP) is 3.19. The maximum Gasteiger partial charge on any atom is 0.153 e. The van der Waals surface area contributed by atoms with Crippen LogP contribution in [0.3, 0.4) is 0 Å². The summed E-state index contributed by atoms with van der Waals surface area (Å²) >= 11 is 0. The lowest BCUT2D eigenvalue weighted by Crippen LogP contribution is -2.43. The van der Waals surface area contributed by atoms with E-state index in [1.165, 1.54) is 0 Å². The fourth-order valence-electron chi connectivity index (χ4n) is 3.49. The molecule has 130 valence electrons. The molecule has 0 saturated carbocycles. The van der Waals surface area contributed by atoms with Crippen LogP contribution in [0.4, 0.5) is 5.69 Å². The summed E-state index contributed by atoms with van der Waals surface area (Å²) in [5.41, 5.74) is 4.68. The van der Waals surface area contributed by atoms with Crippen molar-refractivity contribution < 1.29 is 4.74 Å². The van der Waals surface area contributed by atoms with Crippen molar-refractivity contribution in [3.8, 4) is 22.9 Å². The number of nitrogens with zero attached hydrogens (tertiary/aromatic N) is 3. The van der Waals surface area contributed by atoms with Crippen LogP contribution in [0.15, 0.2) is 48.7 Å². The third-order valence-corrected chi connectivity index (χ3v) is 4.82. The Balaban J connectivity index is 1.85. The van der Waals surface area contributed by atoms with Gasteiger partial charge in [0, 0.05) is 37.1 Å². The lowest BCUT2D eigenvalue weighted by Gasteiger charge is -2.30. The molecule has 0 spiro atoms. The van der Waals surface area contributed by atoms with E-state index < -0.39 is 0 Å². The number of pyridine rings is 1. The summed E-state index contributed by atoms with van der Waals surface area (Å²) in [5.74, 6) is 0.868. The minimum Gasteiger partial charge on any atom is -0.494 e. The van der Waals surface area contributed by atoms with Crippen LogP contribution in [0.1, 0.15) is 5.56 Å². The second kappa shape index (κ2) is 7.03. The summed E-state index contributed by atoms with van der Waals surface area (Å²) in [5, 5.41) is 13.4. The molecule has 1 saturated heterocycles. The number of ether oxygens (including phenoxy) is 1. The zero-order valence-corrected chi connectivity index (χ0v) is 14.7. The first-order chi connectivity index (χ1) is 12.8. The third-order valence-electron chi connectivity index (χ3n) is 4.82. The average molecular weight is 344 g/mol. The van der Waals surface area contributed by atoms with Gasteiger partial charge in [0.2, 0.25) is 0 Å². The Morgan fingerprint density at radius 1 is 1.12 bits per heavy atom. The van der Waals surface area contributed by atoms with Crippen LogP contribution < -0.4 is 15.0 Å². The Kier molecular flexibility index (Phi) is 4.42. The Bertz CT molecular complexity index is 970. The first-order valence-corrected chi connectivity index (χ1v) is 8.74. The van der Waals surface area contributed by atoms with E-state index in [9.17, 15) is 0 Å². The van der Waals surface area contributed by atoms with Crippen LogP contribution in [-0.2, 0) is 0 Å². The number of para-hydroxylation sites is 1. The van der Waals surface area contributed by atoms with Gasteiger partial charge in [-0.05, 0) is 23.8 Å². The molecule has 0 unspecified atom stereocenters. The molecule has 2 aromatic carbocycles. The minimum atomic E-state index is 0.653. The first-order valence-electron chi connectivity index (χ1n) is 8.74. The van der Waals surface area contributed by atoms with Crippen LogP contribution in [0.2, 0.25) is 0 Å². The quantitative estimate of drug-likeness (QED) is 0.791. The van der Waals surface area contributed by atoms with Crippen LogP contribution in [0, 0.1) is 11.3 Å². The van der Waals surface area contributed by atoms with Gasteiger partial charge in [-0.25, -0.2) is 0 Å². The van der Waals surface area contributed by atoms with Crippen LogP contribution >= 0.6 is 0 Å². The molecule has 1 aromatic heterocycles. The molecule has 26 heavy (non-hydrogen) atoms. The van der Waals surface area contributed by atoms with E-state index in [4.69, 9.17) is 15.0 Å². The fourth-order valence-corrected chi connectivity index (χ4v) is 3.49. The number of fused-ring (bicyclic) bond motifs is 1. The van der Waals surface area contributed by atoms with Crippen molar-refractivity contribution >= 4 is 16.6 Å². The summed E-state index contributed by atoms with van der Waals surface area (Å²) in [6, 6.07) is 15.9. The molecular formula is C21H20N4O. The lowest BCUT2D eigenvalue weighted by atomic mass is 10.00. The average Bonchev–Trinajstić information content (AvgIpc) is 2.73. The highest BCUT2D eigenvalue weighted by Crippen LogP contribution is 2.38. The Hall–Kier alpha value is -3.10. The second-order valence-corrected chi connectivity index (χ2v) is 6.30. The van der Waals surface area contributed by atoms with Gasteiger partial charge in [0.25, 0.3) is 0 Å². The largest absolute Gasteiger partial charge is 0.494 e. The highest BCUT2D eigenvalue weighted by molar-refractivity contribution is 5.99. The molecule has 0 amide bonds. The normalized spacial score (nSPS) is 14.2. The van der Waals surface area contributed by atoms with Gasteiger partial charge < -0.3 is 15.0 Å². The topological polar surface area (TPSA) is 61.2 Å². The first kappa shape index (κ1) is 16.4. The van der Waals surface area contributed by atoms with Crippen molar-refractivity contribution in [3.05, 3.63) is 54.2 Å². The number of hydrogen-bond donors (Lipinski definition) is 1. The number of aromatic nitrogens is 1. The highest BCUT2D eigenvalue weighted by atomic mass is 16.5. The molecule has 1 aliphatic rings. The Morgan fingerprint density at radius 3 is 2.58 bits per heavy atom. The molecule has 5 heteroatoms. The second-order valence-electron chi connectivity index (χ2n) is 6.30. The van der Waals surface area contributed by atoms with Gasteiger partial charge in [-0.3, -0.25) is 4.98 Å². The summed E-state index contributed by atoms with van der Waals surface area (Å²) < 4.78 is 5.79. The van der Waals surface area contributed by atoms with Crippen LogP contribution in [0.25, 0.3) is 22.0 Å². The molecular weight excluding hydrogens is 324 g/mol. The molecule has 0 radical (unpaired) electrons. The van der Waals surface area contributed by atoms with Gasteiger partial charge in [-0.15, -0.1) is 0 Å². The third kappa shape index (κ3) is 2.85. The predicted molar refractivity (Wildman–Crippen MR) is 104 cm³/mol. The van der Waals surface area contributed by atoms with Gasteiger partial charge in [0.05, 0.1) is 36.1 Å². The van der Waals surface area contributed by atoms with E-state index in [-0.39, 0.29) is 0 Å². The van der Waals surface area contributed by atoms with Gasteiger partial charge in [0.15, 0.2) is 5.75 Å². The van der Waals surface area contributed by atoms with Crippen molar-refractivity contribution in [1.82, 2.24) is 10.3 Å². The van der Waals surface area contributed by atoms with Crippen LogP contribution in [0.5, 0.6) is 5.75 Å². The number of piperazine rings is 1. The maximum atomic E-state index is 9.01.